The molecule has 1 aliphatic heterocycles. The maximum atomic E-state index is 11.9. The summed E-state index contributed by atoms with van der Waals surface area (Å²) < 4.78 is 66.7. The van der Waals surface area contributed by atoms with Crippen molar-refractivity contribution in [1.82, 2.24) is 19.5 Å². The first-order valence-corrected chi connectivity index (χ1v) is 14.7. The highest BCUT2D eigenvalue weighted by Gasteiger charge is 2.48. The van der Waals surface area contributed by atoms with Gasteiger partial charge in [-0.1, -0.05) is 0 Å². The summed E-state index contributed by atoms with van der Waals surface area (Å²) in [5.74, 6) is 0. The van der Waals surface area contributed by atoms with E-state index in [4.69, 9.17) is 19.4 Å². The van der Waals surface area contributed by atoms with Crippen molar-refractivity contribution in [3.63, 3.8) is 0 Å². The summed E-state index contributed by atoms with van der Waals surface area (Å²) in [5, 5.41) is 20.4. The minimum absolute atomic E-state index is 0.0490. The topological polar surface area (TPSA) is 320 Å². The molecule has 2 aromatic heterocycles. The zero-order valence-corrected chi connectivity index (χ0v) is 20.1. The summed E-state index contributed by atoms with van der Waals surface area (Å²) in [6.45, 7) is -1.08. The molecule has 35 heavy (non-hydrogen) atoms. The molecule has 198 valence electrons. The molecule has 0 bridgehead atoms. The Morgan fingerprint density at radius 2 is 1.54 bits per heavy atom. The van der Waals surface area contributed by atoms with Crippen LogP contribution < -0.4 is 5.56 Å². The van der Waals surface area contributed by atoms with Crippen molar-refractivity contribution in [3.05, 3.63) is 23.0 Å². The Labute approximate surface area is 191 Å². The van der Waals surface area contributed by atoms with Crippen molar-refractivity contribution in [2.24, 2.45) is 0 Å². The number of nitrogens with one attached hydrogen (secondary N) is 1. The number of phosphoric acid groups is 4. The van der Waals surface area contributed by atoms with Gasteiger partial charge in [-0.2, -0.15) is 12.9 Å². The molecule has 21 nitrogen and oxygen atoms in total. The molecule has 0 amide bonds. The number of fused-ring (bicyclic) bond motifs is 1. The molecule has 0 spiro atoms. The molecule has 0 saturated carbocycles. The second-order valence-electron chi connectivity index (χ2n) is 6.54. The number of aromatic amines is 1. The highest BCUT2D eigenvalue weighted by atomic mass is 31.3. The highest BCUT2D eigenvalue weighted by molar-refractivity contribution is 7.69. The monoisotopic (exact) mass is 588 g/mol. The summed E-state index contributed by atoms with van der Waals surface area (Å²) in [4.78, 5) is 66.5. The van der Waals surface area contributed by atoms with Gasteiger partial charge in [0.1, 0.15) is 18.3 Å². The molecule has 3 unspecified atom stereocenters. The number of hydrogen-bond acceptors (Lipinski definition) is 14. The molecule has 3 heterocycles. The van der Waals surface area contributed by atoms with Crippen molar-refractivity contribution >= 4 is 42.5 Å². The quantitative estimate of drug-likeness (QED) is 0.142. The van der Waals surface area contributed by atoms with Gasteiger partial charge < -0.3 is 44.4 Å². The molecule has 25 heteroatoms. The first-order chi connectivity index (χ1) is 15.9. The Hall–Kier alpha value is -1.21. The lowest BCUT2D eigenvalue weighted by atomic mass is 10.1. The number of aliphatic hydroxyl groups excluding tert-OH is 2. The van der Waals surface area contributed by atoms with Crippen LogP contribution in [-0.2, 0) is 40.5 Å². The summed E-state index contributed by atoms with van der Waals surface area (Å²) >= 11 is 0. The first-order valence-electron chi connectivity index (χ1n) is 8.64. The van der Waals surface area contributed by atoms with Crippen LogP contribution in [0.3, 0.4) is 0 Å². The van der Waals surface area contributed by atoms with E-state index in [1.807, 2.05) is 0 Å². The van der Waals surface area contributed by atoms with Crippen molar-refractivity contribution in [3.8, 4) is 0 Å². The van der Waals surface area contributed by atoms with Crippen molar-refractivity contribution in [1.29, 1.82) is 0 Å². The SMILES string of the molecule is O=c1[nH]cnc2c1ncn2[C@@H]1O[C@H](COP(=O)(O)OP(=O)(O)OP(=O)(O)OP(=O)(O)O)[C@@H](O)[C@H]1O. The number of ether oxygens (including phenoxy) is 1. The van der Waals surface area contributed by atoms with Gasteiger partial charge >= 0.3 is 31.3 Å². The Morgan fingerprint density at radius 3 is 2.17 bits per heavy atom. The van der Waals surface area contributed by atoms with E-state index < -0.39 is 68.0 Å². The van der Waals surface area contributed by atoms with Crippen LogP contribution in [0.15, 0.2) is 17.4 Å². The molecule has 1 fully saturated rings. The predicted molar refractivity (Wildman–Crippen MR) is 105 cm³/mol. The van der Waals surface area contributed by atoms with Crippen LogP contribution in [0, 0.1) is 0 Å². The van der Waals surface area contributed by atoms with Crippen LogP contribution in [0.1, 0.15) is 6.23 Å². The number of aromatic nitrogens is 4. The molecule has 1 saturated heterocycles. The van der Waals surface area contributed by atoms with Crippen molar-refractivity contribution < 1.29 is 75.1 Å². The van der Waals surface area contributed by atoms with Crippen LogP contribution >= 0.6 is 31.3 Å². The summed E-state index contributed by atoms with van der Waals surface area (Å²) in [5.41, 5.74) is -0.797. The number of aliphatic hydroxyl groups is 2. The molecule has 1 aliphatic rings. The van der Waals surface area contributed by atoms with E-state index in [1.54, 1.807) is 0 Å². The number of phosphoric ester groups is 1. The van der Waals surface area contributed by atoms with E-state index in [0.29, 0.717) is 0 Å². The number of rotatable bonds is 10. The molecule has 0 aromatic carbocycles. The number of imidazole rings is 1. The van der Waals surface area contributed by atoms with Gasteiger partial charge in [-0.05, 0) is 0 Å². The number of H-pyrrole nitrogens is 1. The largest absolute Gasteiger partial charge is 0.490 e. The lowest BCUT2D eigenvalue weighted by Crippen LogP contribution is -2.33. The number of hydrogen-bond donors (Lipinski definition) is 8. The fraction of sp³-hybridized carbons (Fsp3) is 0.500. The fourth-order valence-corrected chi connectivity index (χ4v) is 7.22. The Balaban J connectivity index is 1.66. The molecule has 8 N–H and O–H groups in total. The first kappa shape index (κ1) is 28.4. The van der Waals surface area contributed by atoms with Gasteiger partial charge in [-0.25, -0.2) is 28.2 Å². The highest BCUT2D eigenvalue weighted by Crippen LogP contribution is 2.70. The molecular formula is C10H16N4O17P4. The van der Waals surface area contributed by atoms with Gasteiger partial charge in [0.05, 0.1) is 19.3 Å². The second kappa shape index (κ2) is 9.92. The van der Waals surface area contributed by atoms with E-state index in [1.165, 1.54) is 0 Å². The van der Waals surface area contributed by atoms with Gasteiger partial charge in [-0.15, -0.1) is 0 Å². The summed E-state index contributed by atoms with van der Waals surface area (Å²) in [6, 6.07) is 0. The van der Waals surface area contributed by atoms with Gasteiger partial charge in [0, 0.05) is 0 Å². The second-order valence-corrected chi connectivity index (χ2v) is 12.5. The van der Waals surface area contributed by atoms with Gasteiger partial charge in [0.15, 0.2) is 17.4 Å². The maximum Gasteiger partial charge on any atom is 0.490 e. The maximum absolute atomic E-state index is 11.9. The molecule has 7 atom stereocenters. The van der Waals surface area contributed by atoms with Crippen LogP contribution in [0.2, 0.25) is 0 Å². The average molecular weight is 588 g/mol. The van der Waals surface area contributed by atoms with Crippen LogP contribution in [-0.4, -0.2) is 79.1 Å². The van der Waals surface area contributed by atoms with E-state index in [2.05, 4.69) is 32.4 Å². The van der Waals surface area contributed by atoms with Gasteiger partial charge in [0.25, 0.3) is 5.56 Å². The minimum Gasteiger partial charge on any atom is -0.387 e. The van der Waals surface area contributed by atoms with Crippen LogP contribution in [0.4, 0.5) is 0 Å². The Kier molecular flexibility index (Phi) is 8.04. The fourth-order valence-electron chi connectivity index (χ4n) is 2.76. The average Bonchev–Trinajstić information content (AvgIpc) is 3.19. The lowest BCUT2D eigenvalue weighted by Gasteiger charge is -2.20. The zero-order valence-electron chi connectivity index (χ0n) is 16.5. The van der Waals surface area contributed by atoms with Crippen molar-refractivity contribution in [2.75, 3.05) is 6.61 Å². The minimum atomic E-state index is -6.02. The van der Waals surface area contributed by atoms with Crippen molar-refractivity contribution in [2.45, 2.75) is 24.5 Å². The van der Waals surface area contributed by atoms with Gasteiger partial charge in [-0.3, -0.25) is 13.9 Å². The van der Waals surface area contributed by atoms with E-state index in [-0.39, 0.29) is 11.2 Å². The normalized spacial score (nSPS) is 28.4. The zero-order chi connectivity index (χ0) is 26.4. The molecular weight excluding hydrogens is 572 g/mol. The Morgan fingerprint density at radius 1 is 0.943 bits per heavy atom. The number of nitrogens with zero attached hydrogens (tertiary/aromatic N) is 3. The molecule has 0 radical (unpaired) electrons. The molecule has 3 rings (SSSR count). The Bertz CT molecular complexity index is 1340. The predicted octanol–water partition coefficient (Wildman–Crippen LogP) is -1.80. The van der Waals surface area contributed by atoms with Gasteiger partial charge in [0.2, 0.25) is 0 Å². The van der Waals surface area contributed by atoms with E-state index >= 15 is 0 Å². The lowest BCUT2D eigenvalue weighted by molar-refractivity contribution is -0.0503. The van der Waals surface area contributed by atoms with Crippen LogP contribution in [0.5, 0.6) is 0 Å². The third-order valence-corrected chi connectivity index (χ3v) is 9.45. The standard InChI is InChI=1S/C10H16N4O17P4/c15-6-4(28-10(7(6)16)14-3-13-5-8(14)11-2-12-9(5)17)1-27-33(21,22)30-35(25,26)31-34(23,24)29-32(18,19)20/h2-4,6-7,10,15-16H,1H2,(H,21,22)(H,23,24)(H,25,26)(H,11,12,17)(H2,18,19,20)/t4-,6-,7-,10-/m1/s1. The van der Waals surface area contributed by atoms with Crippen LogP contribution in [0.25, 0.3) is 11.2 Å². The third-order valence-electron chi connectivity index (χ3n) is 4.00. The third kappa shape index (κ3) is 7.18. The molecule has 2 aromatic rings. The smallest absolute Gasteiger partial charge is 0.387 e. The van der Waals surface area contributed by atoms with E-state index in [9.17, 15) is 43.1 Å². The summed E-state index contributed by atoms with van der Waals surface area (Å²) in [7, 11) is -23.3. The van der Waals surface area contributed by atoms with E-state index in [0.717, 1.165) is 17.2 Å². The summed E-state index contributed by atoms with van der Waals surface area (Å²) in [6.07, 6.45) is -4.41. The molecule has 0 aliphatic carbocycles.